The van der Waals surface area contributed by atoms with Crippen LogP contribution in [0.15, 0.2) is 41.1 Å². The zero-order chi connectivity index (χ0) is 21.8. The maximum atomic E-state index is 12.6. The Labute approximate surface area is 189 Å². The zero-order valence-electron chi connectivity index (χ0n) is 18.4. The summed E-state index contributed by atoms with van der Waals surface area (Å²) in [6.07, 6.45) is 10.8. The predicted octanol–water partition coefficient (Wildman–Crippen LogP) is 6.66. The molecule has 4 aliphatic carbocycles. The van der Waals surface area contributed by atoms with Crippen molar-refractivity contribution in [2.45, 2.75) is 71.3 Å². The maximum Gasteiger partial charge on any atom is 0.338 e. The first kappa shape index (κ1) is 21.1. The van der Waals surface area contributed by atoms with E-state index in [2.05, 4.69) is 25.1 Å². The topological polar surface area (TPSA) is 58.9 Å². The smallest absolute Gasteiger partial charge is 0.338 e. The third kappa shape index (κ3) is 3.33. The molecule has 4 aliphatic rings. The van der Waals surface area contributed by atoms with Gasteiger partial charge in [0.05, 0.1) is 11.3 Å². The molecule has 0 amide bonds. The number of carbonyl (C=O) groups is 1. The molecule has 0 unspecified atom stereocenters. The second-order valence-corrected chi connectivity index (χ2v) is 11.0. The summed E-state index contributed by atoms with van der Waals surface area (Å²) in [6.45, 7) is 4.77. The number of carbonyl (C=O) groups excluding carboxylic acids is 1. The summed E-state index contributed by atoms with van der Waals surface area (Å²) >= 11 is 5.94. The molecule has 5 rings (SSSR count). The number of nitrogens with zero attached hydrogens (tertiary/aromatic N) is 1. The van der Waals surface area contributed by atoms with Crippen molar-refractivity contribution in [2.75, 3.05) is 0 Å². The van der Waals surface area contributed by atoms with Crippen molar-refractivity contribution < 1.29 is 14.7 Å². The van der Waals surface area contributed by atoms with E-state index in [9.17, 15) is 10.0 Å². The lowest BCUT2D eigenvalue weighted by molar-refractivity contribution is -0.0287. The van der Waals surface area contributed by atoms with E-state index >= 15 is 0 Å². The van der Waals surface area contributed by atoms with Crippen molar-refractivity contribution in [3.05, 3.63) is 46.5 Å². The second kappa shape index (κ2) is 7.65. The molecule has 0 bridgehead atoms. The molecule has 166 valence electrons. The van der Waals surface area contributed by atoms with Crippen molar-refractivity contribution in [2.24, 2.45) is 33.7 Å². The fourth-order valence-corrected chi connectivity index (χ4v) is 7.61. The molecular formula is C26H32ClNO3. The van der Waals surface area contributed by atoms with Crippen LogP contribution in [0.25, 0.3) is 0 Å². The first-order chi connectivity index (χ1) is 14.8. The van der Waals surface area contributed by atoms with Gasteiger partial charge in [0, 0.05) is 16.9 Å². The molecule has 0 aromatic heterocycles. The number of allylic oxidation sites excluding steroid dienone is 1. The number of benzene rings is 1. The van der Waals surface area contributed by atoms with E-state index in [1.165, 1.54) is 12.0 Å². The summed E-state index contributed by atoms with van der Waals surface area (Å²) in [6, 6.07) is 6.92. The third-order valence-electron chi connectivity index (χ3n) is 9.27. The highest BCUT2D eigenvalue weighted by molar-refractivity contribution is 6.30. The van der Waals surface area contributed by atoms with Crippen LogP contribution >= 0.6 is 11.6 Å². The fourth-order valence-electron chi connectivity index (χ4n) is 7.49. The van der Waals surface area contributed by atoms with Crippen molar-refractivity contribution in [3.8, 4) is 0 Å². The highest BCUT2D eigenvalue weighted by Crippen LogP contribution is 2.64. The molecule has 6 atom stereocenters. The first-order valence-corrected chi connectivity index (χ1v) is 12.1. The molecule has 4 nitrogen and oxygen atoms in total. The molecule has 1 aromatic carbocycles. The van der Waals surface area contributed by atoms with Crippen molar-refractivity contribution in [1.82, 2.24) is 0 Å². The Morgan fingerprint density at radius 1 is 1.10 bits per heavy atom. The molecule has 3 saturated carbocycles. The molecule has 0 heterocycles. The van der Waals surface area contributed by atoms with Gasteiger partial charge in [0.1, 0.15) is 6.10 Å². The second-order valence-electron chi connectivity index (χ2n) is 10.6. The minimum absolute atomic E-state index is 0.0486. The molecule has 0 aliphatic heterocycles. The van der Waals surface area contributed by atoms with Crippen molar-refractivity contribution >= 4 is 23.3 Å². The van der Waals surface area contributed by atoms with Gasteiger partial charge in [-0.25, -0.2) is 4.79 Å². The molecule has 1 aromatic rings. The SMILES string of the molecule is C[C@]12CC[C@H](OC(=O)c3ccc(Cl)cc3)CC1=CC[C@@H]1[C@@H]2CC[C@]2(C)C(=NO)CC[C@@H]12. The van der Waals surface area contributed by atoms with E-state index in [0.29, 0.717) is 28.3 Å². The summed E-state index contributed by atoms with van der Waals surface area (Å²) < 4.78 is 5.89. The fraction of sp³-hybridized carbons (Fsp3) is 0.615. The number of oxime groups is 1. The minimum atomic E-state index is -0.255. The molecule has 1 N–H and O–H groups in total. The number of ether oxygens (including phenoxy) is 1. The van der Waals surface area contributed by atoms with Crippen LogP contribution < -0.4 is 0 Å². The Morgan fingerprint density at radius 3 is 2.55 bits per heavy atom. The van der Waals surface area contributed by atoms with Crippen LogP contribution in [0, 0.1) is 28.6 Å². The van der Waals surface area contributed by atoms with Gasteiger partial charge in [-0.05, 0) is 92.4 Å². The molecule has 0 spiro atoms. The molecule has 3 fully saturated rings. The van der Waals surface area contributed by atoms with Gasteiger partial charge < -0.3 is 9.94 Å². The van der Waals surface area contributed by atoms with Crippen LogP contribution in [0.5, 0.6) is 0 Å². The first-order valence-electron chi connectivity index (χ1n) is 11.7. The molecule has 5 heteroatoms. The molecular weight excluding hydrogens is 410 g/mol. The Bertz CT molecular complexity index is 938. The van der Waals surface area contributed by atoms with Gasteiger partial charge in [-0.2, -0.15) is 0 Å². The number of fused-ring (bicyclic) bond motifs is 5. The number of halogens is 1. The van der Waals surface area contributed by atoms with E-state index in [-0.39, 0.29) is 22.9 Å². The molecule has 31 heavy (non-hydrogen) atoms. The molecule has 0 saturated heterocycles. The van der Waals surface area contributed by atoms with Gasteiger partial charge in [-0.3, -0.25) is 0 Å². The summed E-state index contributed by atoms with van der Waals surface area (Å²) in [5.41, 5.74) is 3.35. The van der Waals surface area contributed by atoms with E-state index in [1.54, 1.807) is 24.3 Å². The minimum Gasteiger partial charge on any atom is -0.458 e. The normalized spacial score (nSPS) is 40.5. The summed E-state index contributed by atoms with van der Waals surface area (Å²) in [5, 5.41) is 13.8. The Hall–Kier alpha value is -1.81. The average molecular weight is 442 g/mol. The highest BCUT2D eigenvalue weighted by atomic mass is 35.5. The largest absolute Gasteiger partial charge is 0.458 e. The van der Waals surface area contributed by atoms with Crippen LogP contribution in [0.4, 0.5) is 0 Å². The van der Waals surface area contributed by atoms with Crippen LogP contribution in [-0.2, 0) is 4.74 Å². The summed E-state index contributed by atoms with van der Waals surface area (Å²) in [4.78, 5) is 12.6. The maximum absolute atomic E-state index is 12.6. The van der Waals surface area contributed by atoms with Gasteiger partial charge in [0.15, 0.2) is 0 Å². The standard InChI is InChI=1S/C26H32ClNO3/c1-25-13-11-19(31-24(29)16-3-6-18(27)7-4-16)15-17(25)5-8-20-21-9-10-23(28-30)26(21,2)14-12-22(20)25/h3-7,19-22,30H,8-15H2,1-2H3/t19-,20-,21-,22-,25-,26-/m0/s1. The molecule has 0 radical (unpaired) electrons. The van der Waals surface area contributed by atoms with E-state index in [4.69, 9.17) is 16.3 Å². The van der Waals surface area contributed by atoms with Gasteiger partial charge in [-0.1, -0.05) is 42.3 Å². The van der Waals surface area contributed by atoms with E-state index in [1.807, 2.05) is 0 Å². The van der Waals surface area contributed by atoms with E-state index in [0.717, 1.165) is 50.7 Å². The lowest BCUT2D eigenvalue weighted by Crippen LogP contribution is -2.50. The van der Waals surface area contributed by atoms with E-state index < -0.39 is 0 Å². The number of rotatable bonds is 2. The van der Waals surface area contributed by atoms with Crippen LogP contribution in [0.3, 0.4) is 0 Å². The lowest BCUT2D eigenvalue weighted by Gasteiger charge is -2.57. The quantitative estimate of drug-likeness (QED) is 0.241. The number of hydrogen-bond donors (Lipinski definition) is 1. The zero-order valence-corrected chi connectivity index (χ0v) is 19.2. The predicted molar refractivity (Wildman–Crippen MR) is 122 cm³/mol. The van der Waals surface area contributed by atoms with Crippen molar-refractivity contribution in [1.29, 1.82) is 0 Å². The Balaban J connectivity index is 1.32. The average Bonchev–Trinajstić information content (AvgIpc) is 3.10. The van der Waals surface area contributed by atoms with Gasteiger partial charge >= 0.3 is 5.97 Å². The van der Waals surface area contributed by atoms with Crippen LogP contribution in [0.2, 0.25) is 5.02 Å². The van der Waals surface area contributed by atoms with Gasteiger partial charge in [0.2, 0.25) is 0 Å². The third-order valence-corrected chi connectivity index (χ3v) is 9.53. The van der Waals surface area contributed by atoms with Crippen LogP contribution in [-0.4, -0.2) is 23.0 Å². The van der Waals surface area contributed by atoms with Crippen LogP contribution in [0.1, 0.15) is 75.6 Å². The highest BCUT2D eigenvalue weighted by Gasteiger charge is 2.58. The Morgan fingerprint density at radius 2 is 1.81 bits per heavy atom. The van der Waals surface area contributed by atoms with Gasteiger partial charge in [0.25, 0.3) is 0 Å². The monoisotopic (exact) mass is 441 g/mol. The number of esters is 1. The summed E-state index contributed by atoms with van der Waals surface area (Å²) in [5.74, 6) is 1.71. The number of hydrogen-bond acceptors (Lipinski definition) is 4. The van der Waals surface area contributed by atoms with Crippen molar-refractivity contribution in [3.63, 3.8) is 0 Å². The summed E-state index contributed by atoms with van der Waals surface area (Å²) in [7, 11) is 0. The van der Waals surface area contributed by atoms with Gasteiger partial charge in [-0.15, -0.1) is 0 Å². The lowest BCUT2D eigenvalue weighted by atomic mass is 9.48. The Kier molecular flexibility index (Phi) is 5.20.